The molecule has 1 aliphatic carbocycles. The smallest absolute Gasteiger partial charge is 0.00912 e. The van der Waals surface area contributed by atoms with Gasteiger partial charge in [-0.3, -0.25) is 0 Å². The molecule has 2 rings (SSSR count). The zero-order chi connectivity index (χ0) is 9.80. The van der Waals surface area contributed by atoms with E-state index in [1.807, 2.05) is 0 Å². The van der Waals surface area contributed by atoms with Crippen molar-refractivity contribution in [3.05, 3.63) is 0 Å². The molecule has 1 heterocycles. The van der Waals surface area contributed by atoms with E-state index < -0.39 is 0 Å². The molecule has 2 heteroatoms. The minimum Gasteiger partial charge on any atom is -0.314 e. The Morgan fingerprint density at radius 2 is 1.86 bits per heavy atom. The van der Waals surface area contributed by atoms with Crippen LogP contribution in [0, 0.1) is 5.92 Å². The number of likely N-dealkylation sites (tertiary alicyclic amines) is 1. The van der Waals surface area contributed by atoms with Gasteiger partial charge in [0.05, 0.1) is 0 Å². The predicted molar refractivity (Wildman–Crippen MR) is 60.5 cm³/mol. The van der Waals surface area contributed by atoms with Gasteiger partial charge in [-0.2, -0.15) is 0 Å². The maximum atomic E-state index is 3.56. The largest absolute Gasteiger partial charge is 0.314 e. The van der Waals surface area contributed by atoms with Gasteiger partial charge in [0.25, 0.3) is 0 Å². The molecule has 1 aliphatic heterocycles. The van der Waals surface area contributed by atoms with Gasteiger partial charge in [0.1, 0.15) is 0 Å². The van der Waals surface area contributed by atoms with Gasteiger partial charge in [-0.25, -0.2) is 0 Å². The van der Waals surface area contributed by atoms with Crippen LogP contribution in [0.4, 0.5) is 0 Å². The first-order valence-corrected chi connectivity index (χ1v) is 6.34. The summed E-state index contributed by atoms with van der Waals surface area (Å²) in [4.78, 5) is 2.68. The van der Waals surface area contributed by atoms with Crippen LogP contribution in [0.2, 0.25) is 0 Å². The van der Waals surface area contributed by atoms with Gasteiger partial charge >= 0.3 is 0 Å². The normalized spacial score (nSPS) is 26.4. The molecule has 2 fully saturated rings. The standard InChI is InChI=1S/C12H24N2/c1-2-13-12-6-8-14(9-7-12)10-11-4-3-5-11/h11-13H,2-10H2,1H3. The quantitative estimate of drug-likeness (QED) is 0.738. The summed E-state index contributed by atoms with van der Waals surface area (Å²) in [6.45, 7) is 7.38. The minimum atomic E-state index is 0.803. The molecular formula is C12H24N2. The second-order valence-electron chi connectivity index (χ2n) is 4.93. The number of hydrogen-bond donors (Lipinski definition) is 1. The number of nitrogens with one attached hydrogen (secondary N) is 1. The molecular weight excluding hydrogens is 172 g/mol. The lowest BCUT2D eigenvalue weighted by Crippen LogP contribution is -2.44. The van der Waals surface area contributed by atoms with Crippen LogP contribution in [0.5, 0.6) is 0 Å². The summed E-state index contributed by atoms with van der Waals surface area (Å²) in [5, 5.41) is 3.56. The molecule has 0 radical (unpaired) electrons. The summed E-state index contributed by atoms with van der Waals surface area (Å²) in [5.41, 5.74) is 0. The van der Waals surface area contributed by atoms with E-state index >= 15 is 0 Å². The molecule has 0 atom stereocenters. The summed E-state index contributed by atoms with van der Waals surface area (Å²) in [5.74, 6) is 1.05. The van der Waals surface area contributed by atoms with Gasteiger partial charge in [-0.05, 0) is 51.2 Å². The summed E-state index contributed by atoms with van der Waals surface area (Å²) >= 11 is 0. The third-order valence-corrected chi connectivity index (χ3v) is 3.82. The van der Waals surface area contributed by atoms with Crippen LogP contribution in [-0.4, -0.2) is 37.1 Å². The van der Waals surface area contributed by atoms with Gasteiger partial charge in [0.2, 0.25) is 0 Å². The molecule has 0 amide bonds. The van der Waals surface area contributed by atoms with Crippen LogP contribution >= 0.6 is 0 Å². The molecule has 0 aromatic carbocycles. The van der Waals surface area contributed by atoms with E-state index in [9.17, 15) is 0 Å². The zero-order valence-corrected chi connectivity index (χ0v) is 9.47. The highest BCUT2D eigenvalue weighted by molar-refractivity contribution is 4.80. The molecule has 1 saturated carbocycles. The number of piperidine rings is 1. The Kier molecular flexibility index (Phi) is 3.82. The molecule has 0 aromatic rings. The van der Waals surface area contributed by atoms with E-state index in [1.165, 1.54) is 51.7 Å². The topological polar surface area (TPSA) is 15.3 Å². The molecule has 14 heavy (non-hydrogen) atoms. The van der Waals surface area contributed by atoms with Gasteiger partial charge in [-0.1, -0.05) is 13.3 Å². The van der Waals surface area contributed by atoms with Crippen LogP contribution in [-0.2, 0) is 0 Å². The van der Waals surface area contributed by atoms with Crippen LogP contribution in [0.15, 0.2) is 0 Å². The molecule has 0 spiro atoms. The molecule has 0 unspecified atom stereocenters. The second-order valence-corrected chi connectivity index (χ2v) is 4.93. The molecule has 82 valence electrons. The Bertz CT molecular complexity index is 158. The lowest BCUT2D eigenvalue weighted by Gasteiger charge is -2.37. The molecule has 2 aliphatic rings. The van der Waals surface area contributed by atoms with Crippen molar-refractivity contribution in [2.24, 2.45) is 5.92 Å². The van der Waals surface area contributed by atoms with Crippen LogP contribution < -0.4 is 5.32 Å². The fourth-order valence-electron chi connectivity index (χ4n) is 2.65. The first kappa shape index (κ1) is 10.4. The second kappa shape index (κ2) is 5.13. The van der Waals surface area contributed by atoms with E-state index in [0.29, 0.717) is 0 Å². The van der Waals surface area contributed by atoms with E-state index in [0.717, 1.165) is 18.5 Å². The van der Waals surface area contributed by atoms with Gasteiger partial charge < -0.3 is 10.2 Å². The van der Waals surface area contributed by atoms with Crippen molar-refractivity contribution in [1.29, 1.82) is 0 Å². The monoisotopic (exact) mass is 196 g/mol. The lowest BCUT2D eigenvalue weighted by molar-refractivity contribution is 0.141. The third kappa shape index (κ3) is 2.71. The van der Waals surface area contributed by atoms with Crippen molar-refractivity contribution >= 4 is 0 Å². The van der Waals surface area contributed by atoms with E-state index in [2.05, 4.69) is 17.1 Å². The first-order valence-electron chi connectivity index (χ1n) is 6.34. The number of nitrogens with zero attached hydrogens (tertiary/aromatic N) is 1. The van der Waals surface area contributed by atoms with Crippen LogP contribution in [0.3, 0.4) is 0 Å². The predicted octanol–water partition coefficient (Wildman–Crippen LogP) is 1.86. The van der Waals surface area contributed by atoms with Crippen molar-refractivity contribution in [1.82, 2.24) is 10.2 Å². The number of hydrogen-bond acceptors (Lipinski definition) is 2. The van der Waals surface area contributed by atoms with Crippen LogP contribution in [0.25, 0.3) is 0 Å². The Hall–Kier alpha value is -0.0800. The van der Waals surface area contributed by atoms with E-state index in [1.54, 1.807) is 0 Å². The highest BCUT2D eigenvalue weighted by Gasteiger charge is 2.23. The molecule has 2 nitrogen and oxygen atoms in total. The van der Waals surface area contributed by atoms with Gasteiger partial charge in [0.15, 0.2) is 0 Å². The van der Waals surface area contributed by atoms with Crippen LogP contribution in [0.1, 0.15) is 39.0 Å². The van der Waals surface area contributed by atoms with Crippen molar-refractivity contribution in [2.45, 2.75) is 45.1 Å². The zero-order valence-electron chi connectivity index (χ0n) is 9.47. The first-order chi connectivity index (χ1) is 6.88. The summed E-state index contributed by atoms with van der Waals surface area (Å²) in [6.07, 6.45) is 7.19. The Balaban J connectivity index is 1.62. The highest BCUT2D eigenvalue weighted by Crippen LogP contribution is 2.27. The molecule has 1 N–H and O–H groups in total. The maximum Gasteiger partial charge on any atom is 0.00912 e. The van der Waals surface area contributed by atoms with Crippen molar-refractivity contribution < 1.29 is 0 Å². The van der Waals surface area contributed by atoms with E-state index in [-0.39, 0.29) is 0 Å². The van der Waals surface area contributed by atoms with Crippen molar-refractivity contribution in [3.8, 4) is 0 Å². The van der Waals surface area contributed by atoms with Crippen molar-refractivity contribution in [2.75, 3.05) is 26.2 Å². The van der Waals surface area contributed by atoms with Crippen molar-refractivity contribution in [3.63, 3.8) is 0 Å². The fraction of sp³-hybridized carbons (Fsp3) is 1.00. The van der Waals surface area contributed by atoms with Gasteiger partial charge in [0, 0.05) is 12.6 Å². The maximum absolute atomic E-state index is 3.56. The van der Waals surface area contributed by atoms with E-state index in [4.69, 9.17) is 0 Å². The third-order valence-electron chi connectivity index (χ3n) is 3.82. The summed E-state index contributed by atoms with van der Waals surface area (Å²) in [6, 6.07) is 0.803. The average Bonchev–Trinajstić information content (AvgIpc) is 2.14. The molecule has 0 aromatic heterocycles. The average molecular weight is 196 g/mol. The Labute approximate surface area is 88.1 Å². The summed E-state index contributed by atoms with van der Waals surface area (Å²) in [7, 11) is 0. The summed E-state index contributed by atoms with van der Waals surface area (Å²) < 4.78 is 0. The molecule has 1 saturated heterocycles. The Morgan fingerprint density at radius 1 is 1.14 bits per heavy atom. The van der Waals surface area contributed by atoms with Gasteiger partial charge in [-0.15, -0.1) is 0 Å². The fourth-order valence-corrected chi connectivity index (χ4v) is 2.65. The SMILES string of the molecule is CCNC1CCN(CC2CCC2)CC1. The Morgan fingerprint density at radius 3 is 2.36 bits per heavy atom. The number of rotatable bonds is 4. The highest BCUT2D eigenvalue weighted by atomic mass is 15.1. The minimum absolute atomic E-state index is 0.803. The molecule has 0 bridgehead atoms. The lowest BCUT2D eigenvalue weighted by atomic mass is 9.84.